The third-order valence-corrected chi connectivity index (χ3v) is 7.94. The number of urea groups is 1. The largest absolute Gasteiger partial charge is 0.378 e. The molecule has 0 saturated carbocycles. The SMILES string of the molecule is CCN1CCN(C(=O)Nc2ccc(-c3nc(N4CCOCC4)c4cnn(CCCCCCC(=O)NO)c4n3)cc2)CC1. The molecule has 3 N–H and O–H groups in total. The number of aromatic nitrogens is 4. The van der Waals surface area contributed by atoms with Crippen LogP contribution in [0.25, 0.3) is 22.4 Å². The number of likely N-dealkylation sites (N-methyl/N-ethyl adjacent to an activating group) is 1. The van der Waals surface area contributed by atoms with Crippen LogP contribution >= 0.6 is 0 Å². The van der Waals surface area contributed by atoms with Crippen molar-refractivity contribution >= 4 is 34.5 Å². The number of ether oxygens (including phenoxy) is 1. The lowest BCUT2D eigenvalue weighted by Gasteiger charge is -2.33. The van der Waals surface area contributed by atoms with Gasteiger partial charge in [-0.2, -0.15) is 5.10 Å². The van der Waals surface area contributed by atoms with Crippen LogP contribution in [0, 0.1) is 0 Å². The number of morpholine rings is 1. The van der Waals surface area contributed by atoms with Crippen molar-refractivity contribution < 1.29 is 19.5 Å². The van der Waals surface area contributed by atoms with E-state index in [1.165, 1.54) is 0 Å². The van der Waals surface area contributed by atoms with Crippen LogP contribution in [0.1, 0.15) is 39.0 Å². The third-order valence-electron chi connectivity index (χ3n) is 7.94. The minimum atomic E-state index is -0.353. The van der Waals surface area contributed by atoms with Crippen molar-refractivity contribution in [1.82, 2.24) is 35.0 Å². The van der Waals surface area contributed by atoms with E-state index in [2.05, 4.69) is 27.1 Å². The van der Waals surface area contributed by atoms with E-state index in [0.717, 1.165) is 99.6 Å². The fourth-order valence-corrected chi connectivity index (χ4v) is 5.38. The number of hydrogen-bond donors (Lipinski definition) is 3. The van der Waals surface area contributed by atoms with Crippen LogP contribution in [0.4, 0.5) is 16.3 Å². The van der Waals surface area contributed by atoms with Crippen LogP contribution in [-0.4, -0.2) is 106 Å². The first-order valence-electron chi connectivity index (χ1n) is 14.9. The summed E-state index contributed by atoms with van der Waals surface area (Å²) in [6, 6.07) is 7.60. The molecular weight excluding hydrogens is 538 g/mol. The molecule has 2 saturated heterocycles. The van der Waals surface area contributed by atoms with E-state index in [1.807, 2.05) is 40.0 Å². The Hall–Kier alpha value is -3.81. The number of benzene rings is 1. The molecule has 0 spiro atoms. The number of rotatable bonds is 11. The lowest BCUT2D eigenvalue weighted by molar-refractivity contribution is -0.129. The molecule has 13 nitrogen and oxygen atoms in total. The van der Waals surface area contributed by atoms with Gasteiger partial charge in [0, 0.05) is 63.5 Å². The maximum Gasteiger partial charge on any atom is 0.321 e. The van der Waals surface area contributed by atoms with Gasteiger partial charge in [-0.25, -0.2) is 24.9 Å². The van der Waals surface area contributed by atoms with Gasteiger partial charge in [0.25, 0.3) is 0 Å². The van der Waals surface area contributed by atoms with Crippen LogP contribution in [0.15, 0.2) is 30.5 Å². The van der Waals surface area contributed by atoms with Gasteiger partial charge < -0.3 is 24.8 Å². The highest BCUT2D eigenvalue weighted by Crippen LogP contribution is 2.29. The van der Waals surface area contributed by atoms with Gasteiger partial charge in [0.2, 0.25) is 5.91 Å². The summed E-state index contributed by atoms with van der Waals surface area (Å²) in [4.78, 5) is 40.4. The lowest BCUT2D eigenvalue weighted by atomic mass is 10.1. The lowest BCUT2D eigenvalue weighted by Crippen LogP contribution is -2.49. The molecule has 3 amide bonds. The number of amides is 3. The zero-order chi connectivity index (χ0) is 29.3. The van der Waals surface area contributed by atoms with Crippen LogP contribution in [0.5, 0.6) is 0 Å². The number of nitrogens with zero attached hydrogens (tertiary/aromatic N) is 7. The van der Waals surface area contributed by atoms with Crippen molar-refractivity contribution in [3.05, 3.63) is 30.5 Å². The van der Waals surface area contributed by atoms with Gasteiger partial charge in [0.15, 0.2) is 11.5 Å². The van der Waals surface area contributed by atoms with Gasteiger partial charge >= 0.3 is 6.03 Å². The van der Waals surface area contributed by atoms with Gasteiger partial charge in [-0.15, -0.1) is 0 Å². The summed E-state index contributed by atoms with van der Waals surface area (Å²) in [6.45, 7) is 9.88. The monoisotopic (exact) mass is 579 g/mol. The Morgan fingerprint density at radius 2 is 1.69 bits per heavy atom. The van der Waals surface area contributed by atoms with Crippen LogP contribution in [-0.2, 0) is 16.1 Å². The number of hydroxylamine groups is 1. The van der Waals surface area contributed by atoms with Gasteiger partial charge in [0.05, 0.1) is 24.8 Å². The molecule has 2 aliphatic heterocycles. The number of hydrogen-bond acceptors (Lipinski definition) is 9. The highest BCUT2D eigenvalue weighted by Gasteiger charge is 2.22. The van der Waals surface area contributed by atoms with E-state index >= 15 is 0 Å². The Labute approximate surface area is 245 Å². The predicted molar refractivity (Wildman–Crippen MR) is 160 cm³/mol. The Morgan fingerprint density at radius 1 is 0.952 bits per heavy atom. The molecule has 42 heavy (non-hydrogen) atoms. The number of piperazine rings is 1. The molecule has 2 aliphatic rings. The zero-order valence-electron chi connectivity index (χ0n) is 24.3. The standard InChI is InChI=1S/C29H41N9O4/c1-2-35-13-15-37(16-14-35)29(40)31-23-10-8-22(9-11-23)26-32-27(36-17-19-42-20-18-36)24-21-30-38(28(24)33-26)12-6-4-3-5-7-25(39)34-41/h8-11,21,41H,2-7,12-20H2,1H3,(H,31,40)(H,34,39). The molecule has 13 heteroatoms. The summed E-state index contributed by atoms with van der Waals surface area (Å²) in [5.74, 6) is 1.10. The Kier molecular flexibility index (Phi) is 10.2. The first kappa shape index (κ1) is 29.7. The first-order chi connectivity index (χ1) is 20.6. The molecule has 0 bridgehead atoms. The second kappa shape index (κ2) is 14.4. The number of carbonyl (C=O) groups is 2. The summed E-state index contributed by atoms with van der Waals surface area (Å²) in [6.07, 6.45) is 5.62. The van der Waals surface area contributed by atoms with E-state index in [9.17, 15) is 9.59 Å². The number of aryl methyl sites for hydroxylation is 1. The Balaban J connectivity index is 1.30. The molecule has 2 aromatic heterocycles. The van der Waals surface area contributed by atoms with Gasteiger partial charge in [0.1, 0.15) is 5.82 Å². The van der Waals surface area contributed by atoms with Crippen molar-refractivity contribution in [3.8, 4) is 11.4 Å². The van der Waals surface area contributed by atoms with E-state index in [-0.39, 0.29) is 11.9 Å². The Morgan fingerprint density at radius 3 is 2.40 bits per heavy atom. The second-order valence-corrected chi connectivity index (χ2v) is 10.7. The van der Waals surface area contributed by atoms with Gasteiger partial charge in [-0.3, -0.25) is 10.0 Å². The molecule has 3 aromatic rings. The number of fused-ring (bicyclic) bond motifs is 1. The molecule has 0 aliphatic carbocycles. The average Bonchev–Trinajstić information content (AvgIpc) is 3.45. The predicted octanol–water partition coefficient (Wildman–Crippen LogP) is 2.96. The molecule has 4 heterocycles. The molecule has 2 fully saturated rings. The number of anilines is 2. The highest BCUT2D eigenvalue weighted by molar-refractivity contribution is 5.90. The molecular formula is C29H41N9O4. The fraction of sp³-hybridized carbons (Fsp3) is 0.552. The number of nitrogens with one attached hydrogen (secondary N) is 2. The third kappa shape index (κ3) is 7.33. The molecule has 0 radical (unpaired) electrons. The first-order valence-corrected chi connectivity index (χ1v) is 14.9. The van der Waals surface area contributed by atoms with Gasteiger partial charge in [-0.05, 0) is 43.7 Å². The minimum absolute atomic E-state index is 0.0775. The molecule has 226 valence electrons. The van der Waals surface area contributed by atoms with Crippen molar-refractivity contribution in [3.63, 3.8) is 0 Å². The van der Waals surface area contributed by atoms with Crippen molar-refractivity contribution in [2.75, 3.05) is 69.2 Å². The molecule has 1 aromatic carbocycles. The zero-order valence-corrected chi connectivity index (χ0v) is 24.3. The highest BCUT2D eigenvalue weighted by atomic mass is 16.5. The fourth-order valence-electron chi connectivity index (χ4n) is 5.38. The number of unbranched alkanes of at least 4 members (excludes halogenated alkanes) is 3. The summed E-state index contributed by atoms with van der Waals surface area (Å²) < 4.78 is 7.50. The average molecular weight is 580 g/mol. The van der Waals surface area contributed by atoms with Crippen LogP contribution in [0.2, 0.25) is 0 Å². The number of carbonyl (C=O) groups excluding carboxylic acids is 2. The van der Waals surface area contributed by atoms with Crippen LogP contribution < -0.4 is 15.7 Å². The van der Waals surface area contributed by atoms with Crippen LogP contribution in [0.3, 0.4) is 0 Å². The summed E-state index contributed by atoms with van der Waals surface area (Å²) in [5, 5.41) is 17.2. The molecule has 5 rings (SSSR count). The minimum Gasteiger partial charge on any atom is -0.378 e. The van der Waals surface area contributed by atoms with E-state index < -0.39 is 0 Å². The second-order valence-electron chi connectivity index (χ2n) is 10.7. The van der Waals surface area contributed by atoms with Crippen molar-refractivity contribution in [2.45, 2.75) is 45.6 Å². The normalized spacial score (nSPS) is 16.1. The smallest absolute Gasteiger partial charge is 0.321 e. The van der Waals surface area contributed by atoms with Crippen molar-refractivity contribution in [1.29, 1.82) is 0 Å². The summed E-state index contributed by atoms with van der Waals surface area (Å²) in [7, 11) is 0. The summed E-state index contributed by atoms with van der Waals surface area (Å²) in [5.41, 5.74) is 4.05. The summed E-state index contributed by atoms with van der Waals surface area (Å²) >= 11 is 0. The quantitative estimate of drug-likeness (QED) is 0.178. The topological polar surface area (TPSA) is 141 Å². The van der Waals surface area contributed by atoms with Gasteiger partial charge in [-0.1, -0.05) is 19.8 Å². The molecule has 0 unspecified atom stereocenters. The van der Waals surface area contributed by atoms with E-state index in [4.69, 9.17) is 19.9 Å². The van der Waals surface area contributed by atoms with E-state index in [1.54, 1.807) is 5.48 Å². The Bertz CT molecular complexity index is 1330. The van der Waals surface area contributed by atoms with E-state index in [0.29, 0.717) is 32.0 Å². The maximum atomic E-state index is 12.8. The molecule has 0 atom stereocenters. The van der Waals surface area contributed by atoms with Crippen molar-refractivity contribution in [2.24, 2.45) is 0 Å². The maximum absolute atomic E-state index is 12.8.